The Hall–Kier alpha value is -1.60. The molecule has 0 aromatic carbocycles. The van der Waals surface area contributed by atoms with Crippen molar-refractivity contribution in [3.8, 4) is 0 Å². The molecule has 0 bridgehead atoms. The van der Waals surface area contributed by atoms with Gasteiger partial charge in [0.15, 0.2) is 0 Å². The van der Waals surface area contributed by atoms with E-state index in [1.165, 1.54) is 4.57 Å². The van der Waals surface area contributed by atoms with Crippen molar-refractivity contribution in [3.63, 3.8) is 0 Å². The van der Waals surface area contributed by atoms with Crippen molar-refractivity contribution in [1.82, 2.24) is 14.5 Å². The number of aromatic nitrogens is 2. The minimum atomic E-state index is -1.09. The van der Waals surface area contributed by atoms with E-state index < -0.39 is 5.97 Å². The van der Waals surface area contributed by atoms with Crippen molar-refractivity contribution in [1.29, 1.82) is 0 Å². The van der Waals surface area contributed by atoms with Crippen molar-refractivity contribution < 1.29 is 14.6 Å². The molecule has 1 saturated heterocycles. The molecule has 7 heteroatoms. The summed E-state index contributed by atoms with van der Waals surface area (Å²) >= 11 is 0. The van der Waals surface area contributed by atoms with Crippen LogP contribution in [0.4, 0.5) is 0 Å². The van der Waals surface area contributed by atoms with Crippen molar-refractivity contribution >= 4 is 5.97 Å². The zero-order valence-electron chi connectivity index (χ0n) is 10.3. The number of nitrogens with zero attached hydrogens (tertiary/aromatic N) is 2. The van der Waals surface area contributed by atoms with Crippen LogP contribution in [0.5, 0.6) is 0 Å². The number of rotatable bonds is 4. The molecule has 100 valence electrons. The summed E-state index contributed by atoms with van der Waals surface area (Å²) in [6.07, 6.45) is 0.539. The molecule has 7 nitrogen and oxygen atoms in total. The van der Waals surface area contributed by atoms with Gasteiger partial charge in [-0.1, -0.05) is 0 Å². The first kappa shape index (κ1) is 12.8. The fourth-order valence-corrected chi connectivity index (χ4v) is 2.11. The smallest absolute Gasteiger partial charge is 0.354 e. The monoisotopic (exact) mass is 255 g/mol. The fourth-order valence-electron chi connectivity index (χ4n) is 2.11. The third-order valence-corrected chi connectivity index (χ3v) is 3.21. The van der Waals surface area contributed by atoms with E-state index in [1.807, 2.05) is 0 Å². The SMILES string of the molecule is Cn1c(CCN2CCOCC2)c(C(=O)O)[nH]c1=O. The summed E-state index contributed by atoms with van der Waals surface area (Å²) in [6, 6.07) is 0. The first-order valence-electron chi connectivity index (χ1n) is 5.91. The summed E-state index contributed by atoms with van der Waals surface area (Å²) < 4.78 is 6.61. The zero-order chi connectivity index (χ0) is 13.1. The van der Waals surface area contributed by atoms with E-state index in [4.69, 9.17) is 9.84 Å². The molecule has 18 heavy (non-hydrogen) atoms. The first-order chi connectivity index (χ1) is 8.59. The van der Waals surface area contributed by atoms with Gasteiger partial charge in [0, 0.05) is 33.1 Å². The molecule has 2 rings (SSSR count). The second kappa shape index (κ2) is 5.36. The molecule has 0 unspecified atom stereocenters. The van der Waals surface area contributed by atoms with Crippen molar-refractivity contribution in [3.05, 3.63) is 21.9 Å². The molecule has 1 aromatic rings. The van der Waals surface area contributed by atoms with Gasteiger partial charge in [0.05, 0.1) is 18.9 Å². The number of nitrogens with one attached hydrogen (secondary N) is 1. The summed E-state index contributed by atoms with van der Waals surface area (Å²) in [5.41, 5.74) is 0.152. The van der Waals surface area contributed by atoms with E-state index in [1.54, 1.807) is 7.05 Å². The summed E-state index contributed by atoms with van der Waals surface area (Å²) in [5.74, 6) is -1.09. The van der Waals surface area contributed by atoms with Gasteiger partial charge in [0.1, 0.15) is 5.69 Å². The number of imidazole rings is 1. The van der Waals surface area contributed by atoms with Gasteiger partial charge in [-0.05, 0) is 0 Å². The number of aromatic carboxylic acids is 1. The fraction of sp³-hybridized carbons (Fsp3) is 0.636. The molecule has 0 amide bonds. The minimum absolute atomic E-state index is 0.00393. The number of H-pyrrole nitrogens is 1. The van der Waals surface area contributed by atoms with Crippen LogP contribution in [0, 0.1) is 0 Å². The molecule has 0 radical (unpaired) electrons. The topological polar surface area (TPSA) is 87.6 Å². The highest BCUT2D eigenvalue weighted by molar-refractivity contribution is 5.86. The van der Waals surface area contributed by atoms with Crippen LogP contribution in [0.1, 0.15) is 16.2 Å². The van der Waals surface area contributed by atoms with Gasteiger partial charge < -0.3 is 9.84 Å². The lowest BCUT2D eigenvalue weighted by atomic mass is 10.2. The maximum absolute atomic E-state index is 11.4. The van der Waals surface area contributed by atoms with Crippen LogP contribution in [-0.2, 0) is 18.2 Å². The number of carboxylic acids is 1. The normalized spacial score (nSPS) is 16.9. The molecule has 1 aliphatic rings. The average Bonchev–Trinajstić information content (AvgIpc) is 2.65. The lowest BCUT2D eigenvalue weighted by Gasteiger charge is -2.26. The molecule has 0 spiro atoms. The number of carbonyl (C=O) groups is 1. The number of hydrogen-bond acceptors (Lipinski definition) is 4. The highest BCUT2D eigenvalue weighted by atomic mass is 16.5. The predicted octanol–water partition coefficient (Wildman–Crippen LogP) is -0.714. The van der Waals surface area contributed by atoms with Gasteiger partial charge in [-0.2, -0.15) is 0 Å². The summed E-state index contributed by atoms with van der Waals surface area (Å²) in [5, 5.41) is 9.02. The minimum Gasteiger partial charge on any atom is -0.477 e. The largest absolute Gasteiger partial charge is 0.477 e. The second-order valence-corrected chi connectivity index (χ2v) is 4.32. The van der Waals surface area contributed by atoms with Gasteiger partial charge in [-0.25, -0.2) is 9.59 Å². The Bertz CT molecular complexity index is 485. The van der Waals surface area contributed by atoms with Gasteiger partial charge in [0.25, 0.3) is 0 Å². The van der Waals surface area contributed by atoms with E-state index in [-0.39, 0.29) is 11.4 Å². The van der Waals surface area contributed by atoms with E-state index in [0.29, 0.717) is 25.3 Å². The average molecular weight is 255 g/mol. The molecule has 0 saturated carbocycles. The molecule has 2 heterocycles. The van der Waals surface area contributed by atoms with Crippen LogP contribution in [-0.4, -0.2) is 58.4 Å². The quantitative estimate of drug-likeness (QED) is 0.742. The highest BCUT2D eigenvalue weighted by Gasteiger charge is 2.18. The summed E-state index contributed by atoms with van der Waals surface area (Å²) in [7, 11) is 1.58. The number of carboxylic acid groups (broad SMARTS) is 1. The maximum Gasteiger partial charge on any atom is 0.354 e. The molecule has 1 aliphatic heterocycles. The Morgan fingerprint density at radius 1 is 1.44 bits per heavy atom. The Balaban J connectivity index is 2.08. The zero-order valence-corrected chi connectivity index (χ0v) is 10.3. The van der Waals surface area contributed by atoms with Crippen LogP contribution in [0.2, 0.25) is 0 Å². The standard InChI is InChI=1S/C11H17N3O4/c1-13-8(9(10(15)16)12-11(13)17)2-3-14-4-6-18-7-5-14/h2-7H2,1H3,(H,12,17)(H,15,16). The van der Waals surface area contributed by atoms with Crippen molar-refractivity contribution in [2.75, 3.05) is 32.8 Å². The van der Waals surface area contributed by atoms with E-state index in [9.17, 15) is 9.59 Å². The van der Waals surface area contributed by atoms with Gasteiger partial charge >= 0.3 is 11.7 Å². The predicted molar refractivity (Wildman–Crippen MR) is 64.0 cm³/mol. The van der Waals surface area contributed by atoms with Crippen LogP contribution >= 0.6 is 0 Å². The molecule has 2 N–H and O–H groups in total. The van der Waals surface area contributed by atoms with Crippen LogP contribution in [0.3, 0.4) is 0 Å². The van der Waals surface area contributed by atoms with Crippen molar-refractivity contribution in [2.45, 2.75) is 6.42 Å². The number of morpholine rings is 1. The first-order valence-corrected chi connectivity index (χ1v) is 5.91. The Kier molecular flexibility index (Phi) is 3.83. The molecule has 1 fully saturated rings. The Morgan fingerprint density at radius 2 is 2.11 bits per heavy atom. The van der Waals surface area contributed by atoms with Crippen LogP contribution < -0.4 is 5.69 Å². The number of hydrogen-bond donors (Lipinski definition) is 2. The van der Waals surface area contributed by atoms with E-state index >= 15 is 0 Å². The second-order valence-electron chi connectivity index (χ2n) is 4.32. The van der Waals surface area contributed by atoms with E-state index in [0.717, 1.165) is 19.6 Å². The van der Waals surface area contributed by atoms with Gasteiger partial charge in [-0.15, -0.1) is 0 Å². The van der Waals surface area contributed by atoms with Gasteiger partial charge in [-0.3, -0.25) is 14.5 Å². The molecular weight excluding hydrogens is 238 g/mol. The van der Waals surface area contributed by atoms with Crippen LogP contribution in [0.15, 0.2) is 4.79 Å². The molecule has 1 aromatic heterocycles. The molecule has 0 aliphatic carbocycles. The number of aromatic amines is 1. The van der Waals surface area contributed by atoms with Crippen LogP contribution in [0.25, 0.3) is 0 Å². The van der Waals surface area contributed by atoms with Crippen molar-refractivity contribution in [2.24, 2.45) is 7.05 Å². The summed E-state index contributed by atoms with van der Waals surface area (Å²) in [6.45, 7) is 3.84. The molecular formula is C11H17N3O4. The Labute approximate surface area is 104 Å². The molecule has 0 atom stereocenters. The highest BCUT2D eigenvalue weighted by Crippen LogP contribution is 2.06. The Morgan fingerprint density at radius 3 is 2.72 bits per heavy atom. The lowest BCUT2D eigenvalue weighted by Crippen LogP contribution is -2.37. The summed E-state index contributed by atoms with van der Waals surface area (Å²) in [4.78, 5) is 27.0. The third kappa shape index (κ3) is 2.62. The van der Waals surface area contributed by atoms with E-state index in [2.05, 4.69) is 9.88 Å². The lowest BCUT2D eigenvalue weighted by molar-refractivity contribution is 0.0381. The van der Waals surface area contributed by atoms with Gasteiger partial charge in [0.2, 0.25) is 0 Å². The maximum atomic E-state index is 11.4. The number of ether oxygens (including phenoxy) is 1. The third-order valence-electron chi connectivity index (χ3n) is 3.21.